The highest BCUT2D eigenvalue weighted by molar-refractivity contribution is 6.32. The molecule has 3 aromatic carbocycles. The number of nitrogens with one attached hydrogen (secondary N) is 2. The molecule has 0 radical (unpaired) electrons. The second-order valence-electron chi connectivity index (χ2n) is 9.30. The van der Waals surface area contributed by atoms with Crippen LogP contribution in [0.5, 0.6) is 0 Å². The molecule has 2 heterocycles. The normalized spacial score (nSPS) is 11.8. The first-order valence-electron chi connectivity index (χ1n) is 13.0. The van der Waals surface area contributed by atoms with E-state index in [2.05, 4.69) is 36.4 Å². The first-order chi connectivity index (χ1) is 20.9. The average Bonchev–Trinajstić information content (AvgIpc) is 3.56. The molecule has 0 saturated heterocycles. The van der Waals surface area contributed by atoms with Crippen LogP contribution >= 0.6 is 23.2 Å². The molecule has 0 spiro atoms. The van der Waals surface area contributed by atoms with E-state index in [1.165, 1.54) is 17.1 Å². The molecule has 2 amide bonds. The van der Waals surface area contributed by atoms with E-state index in [0.717, 1.165) is 11.1 Å². The van der Waals surface area contributed by atoms with Gasteiger partial charge in [0.25, 0.3) is 0 Å². The van der Waals surface area contributed by atoms with Crippen LogP contribution in [0.25, 0.3) is 22.9 Å². The number of aliphatic hydroxyl groups is 1. The number of benzene rings is 3. The number of halogens is 2. The molecule has 11 nitrogen and oxygen atoms in total. The lowest BCUT2D eigenvalue weighted by atomic mass is 10.00. The van der Waals surface area contributed by atoms with Crippen molar-refractivity contribution in [2.75, 3.05) is 11.9 Å². The van der Waals surface area contributed by atoms with Gasteiger partial charge in [-0.25, -0.2) is 0 Å². The Labute approximate surface area is 256 Å². The average molecular weight is 615 g/mol. The molecule has 216 valence electrons. The number of anilines is 1. The fraction of sp³-hybridized carbons (Fsp3) is 0.100. The number of nitrogens with zero attached hydrogens (tertiary/aromatic N) is 6. The van der Waals surface area contributed by atoms with Gasteiger partial charge in [-0.3, -0.25) is 9.59 Å². The number of hydrogen-bond donors (Lipinski definition) is 3. The molecular formula is C30H24Cl2N8O3. The predicted molar refractivity (Wildman–Crippen MR) is 162 cm³/mol. The summed E-state index contributed by atoms with van der Waals surface area (Å²) >= 11 is 12.6. The second-order valence-corrected chi connectivity index (χ2v) is 10.1. The quantitative estimate of drug-likeness (QED) is 0.195. The SMILES string of the molecule is O=C(C=Cc1cc(Cl)ccc1-n1cnnn1)N[C@@H](Cc1ccccc1)c1cc(-c2ccc(NC(=O)CO)cc2)c(Cl)nn1. The number of tetrazole rings is 1. The molecule has 0 fully saturated rings. The lowest BCUT2D eigenvalue weighted by Crippen LogP contribution is -2.29. The van der Waals surface area contributed by atoms with Crippen molar-refractivity contribution >= 4 is 46.8 Å². The predicted octanol–water partition coefficient (Wildman–Crippen LogP) is 4.47. The zero-order chi connectivity index (χ0) is 30.2. The summed E-state index contributed by atoms with van der Waals surface area (Å²) in [5, 5.41) is 35.0. The minimum atomic E-state index is -0.617. The summed E-state index contributed by atoms with van der Waals surface area (Å²) in [4.78, 5) is 24.7. The largest absolute Gasteiger partial charge is 0.387 e. The van der Waals surface area contributed by atoms with Gasteiger partial charge in [0.2, 0.25) is 11.8 Å². The van der Waals surface area contributed by atoms with E-state index in [1.54, 1.807) is 54.6 Å². The van der Waals surface area contributed by atoms with E-state index in [-0.39, 0.29) is 11.1 Å². The molecular weight excluding hydrogens is 591 g/mol. The van der Waals surface area contributed by atoms with Crippen LogP contribution in [0, 0.1) is 0 Å². The Bertz CT molecular complexity index is 1750. The molecule has 1 atom stereocenters. The van der Waals surface area contributed by atoms with Crippen molar-refractivity contribution in [1.82, 2.24) is 35.7 Å². The Kier molecular flexibility index (Phi) is 9.47. The molecule has 13 heteroatoms. The smallest absolute Gasteiger partial charge is 0.250 e. The van der Waals surface area contributed by atoms with E-state index in [1.807, 2.05) is 30.3 Å². The summed E-state index contributed by atoms with van der Waals surface area (Å²) in [6.07, 6.45) is 4.93. The van der Waals surface area contributed by atoms with E-state index in [9.17, 15) is 9.59 Å². The minimum absolute atomic E-state index is 0.177. The van der Waals surface area contributed by atoms with Crippen LogP contribution < -0.4 is 10.6 Å². The lowest BCUT2D eigenvalue weighted by Gasteiger charge is -2.18. The molecule has 0 aliphatic rings. The van der Waals surface area contributed by atoms with Crippen molar-refractivity contribution in [3.63, 3.8) is 0 Å². The molecule has 3 N–H and O–H groups in total. The minimum Gasteiger partial charge on any atom is -0.387 e. The van der Waals surface area contributed by atoms with E-state index >= 15 is 0 Å². The number of aromatic nitrogens is 6. The van der Waals surface area contributed by atoms with E-state index in [0.29, 0.717) is 39.6 Å². The Balaban J connectivity index is 1.42. The monoisotopic (exact) mass is 614 g/mol. The van der Waals surface area contributed by atoms with Crippen molar-refractivity contribution in [3.05, 3.63) is 118 Å². The number of hydrogen-bond acceptors (Lipinski definition) is 8. The van der Waals surface area contributed by atoms with Crippen molar-refractivity contribution in [3.8, 4) is 16.8 Å². The molecule has 0 bridgehead atoms. The molecule has 2 aromatic heterocycles. The van der Waals surface area contributed by atoms with Crippen LogP contribution in [-0.4, -0.2) is 53.9 Å². The van der Waals surface area contributed by atoms with Gasteiger partial charge in [-0.15, -0.1) is 10.2 Å². The van der Waals surface area contributed by atoms with Gasteiger partial charge in [-0.05, 0) is 70.4 Å². The van der Waals surface area contributed by atoms with Crippen molar-refractivity contribution in [2.24, 2.45) is 0 Å². The highest BCUT2D eigenvalue weighted by atomic mass is 35.5. The number of aliphatic hydroxyl groups excluding tert-OH is 1. The standard InChI is InChI=1S/C30H24Cl2N8O3/c31-22-9-12-27(40-18-33-38-39-40)21(15-22)8-13-28(42)35-25(14-19-4-2-1-3-5-19)26-16-24(30(32)37-36-26)20-6-10-23(11-7-20)34-29(43)17-41/h1-13,15-16,18,25,41H,14,17H2,(H,34,43)(H,35,42)/t25-/m0/s1. The molecule has 0 aliphatic heterocycles. The van der Waals surface area contributed by atoms with Crippen molar-refractivity contribution < 1.29 is 14.7 Å². The zero-order valence-corrected chi connectivity index (χ0v) is 23.9. The molecule has 0 aliphatic carbocycles. The lowest BCUT2D eigenvalue weighted by molar-refractivity contribution is -0.119. The van der Waals surface area contributed by atoms with Crippen LogP contribution in [-0.2, 0) is 16.0 Å². The van der Waals surface area contributed by atoms with Gasteiger partial charge in [-0.1, -0.05) is 65.7 Å². The third-order valence-corrected chi connectivity index (χ3v) is 6.86. The number of rotatable bonds is 10. The van der Waals surface area contributed by atoms with Crippen molar-refractivity contribution in [2.45, 2.75) is 12.5 Å². The van der Waals surface area contributed by atoms with Crippen LogP contribution in [0.3, 0.4) is 0 Å². The van der Waals surface area contributed by atoms with Crippen LogP contribution in [0.4, 0.5) is 5.69 Å². The van der Waals surface area contributed by atoms with Gasteiger partial charge < -0.3 is 15.7 Å². The summed E-state index contributed by atoms with van der Waals surface area (Å²) in [5.41, 5.74) is 4.61. The molecule has 0 unspecified atom stereocenters. The Morgan fingerprint density at radius 3 is 2.49 bits per heavy atom. The fourth-order valence-corrected chi connectivity index (χ4v) is 4.68. The molecule has 43 heavy (non-hydrogen) atoms. The van der Waals surface area contributed by atoms with E-state index in [4.69, 9.17) is 28.3 Å². The Morgan fingerprint density at radius 1 is 0.977 bits per heavy atom. The third-order valence-electron chi connectivity index (χ3n) is 6.35. The Morgan fingerprint density at radius 2 is 1.77 bits per heavy atom. The van der Waals surface area contributed by atoms with E-state index < -0.39 is 18.6 Å². The van der Waals surface area contributed by atoms with Crippen LogP contribution in [0.15, 0.2) is 91.3 Å². The summed E-state index contributed by atoms with van der Waals surface area (Å²) in [7, 11) is 0. The van der Waals surface area contributed by atoms with Crippen LogP contribution in [0.2, 0.25) is 10.2 Å². The topological polar surface area (TPSA) is 148 Å². The first-order valence-corrected chi connectivity index (χ1v) is 13.7. The number of amides is 2. The summed E-state index contributed by atoms with van der Waals surface area (Å²) < 4.78 is 1.48. The number of carbonyl (C=O) groups excluding carboxylic acids is 2. The maximum absolute atomic E-state index is 13.2. The molecule has 0 saturated carbocycles. The van der Waals surface area contributed by atoms with Gasteiger partial charge in [0.05, 0.1) is 17.4 Å². The maximum atomic E-state index is 13.2. The maximum Gasteiger partial charge on any atom is 0.250 e. The number of carbonyl (C=O) groups is 2. The zero-order valence-electron chi connectivity index (χ0n) is 22.4. The van der Waals surface area contributed by atoms with Crippen LogP contribution in [0.1, 0.15) is 22.9 Å². The van der Waals surface area contributed by atoms with Gasteiger partial charge in [0.15, 0.2) is 5.15 Å². The summed E-state index contributed by atoms with van der Waals surface area (Å²) in [6.45, 7) is -0.617. The molecule has 5 rings (SSSR count). The van der Waals surface area contributed by atoms with Gasteiger partial charge >= 0.3 is 0 Å². The second kappa shape index (κ2) is 13.8. The van der Waals surface area contributed by atoms with Crippen molar-refractivity contribution in [1.29, 1.82) is 0 Å². The highest BCUT2D eigenvalue weighted by Crippen LogP contribution is 2.30. The fourth-order valence-electron chi connectivity index (χ4n) is 4.30. The summed E-state index contributed by atoms with van der Waals surface area (Å²) in [5.74, 6) is -0.889. The van der Waals surface area contributed by atoms with Gasteiger partial charge in [0.1, 0.15) is 12.9 Å². The van der Waals surface area contributed by atoms with Gasteiger partial charge in [-0.2, -0.15) is 9.78 Å². The first kappa shape index (κ1) is 29.5. The molecule has 5 aromatic rings. The summed E-state index contributed by atoms with van der Waals surface area (Å²) in [6, 6.07) is 23.0. The Hall–Kier alpha value is -4.97. The van der Waals surface area contributed by atoms with Gasteiger partial charge in [0, 0.05) is 27.9 Å². The highest BCUT2D eigenvalue weighted by Gasteiger charge is 2.19. The third kappa shape index (κ3) is 7.66.